The van der Waals surface area contributed by atoms with Gasteiger partial charge in [-0.25, -0.2) is 0 Å². The van der Waals surface area contributed by atoms with Crippen LogP contribution in [0.5, 0.6) is 0 Å². The molecule has 136 heavy (non-hydrogen) atoms. The first-order valence-electron chi connectivity index (χ1n) is 55.4. The Balaban J connectivity index is -0.000000139. The van der Waals surface area contributed by atoms with Crippen LogP contribution in [0.15, 0.2) is 121 Å². The topological polar surface area (TPSA) is 0 Å². The molecule has 0 aromatic heterocycles. The van der Waals surface area contributed by atoms with Gasteiger partial charge in [0.1, 0.15) is 7.38 Å². The average molecular weight is 2030 g/mol. The van der Waals surface area contributed by atoms with Gasteiger partial charge in [0.2, 0.25) is 0 Å². The van der Waals surface area contributed by atoms with Crippen LogP contribution in [0.1, 0.15) is 392 Å². The molecule has 0 radical (unpaired) electrons. The first-order valence-corrected chi connectivity index (χ1v) is 84.6. The Kier molecular flexibility index (Phi) is 127. The van der Waals surface area contributed by atoms with E-state index in [4.69, 9.17) is 22.3 Å². The Hall–Kier alpha value is 3.42. The number of halogens is 2. The van der Waals surface area contributed by atoms with Gasteiger partial charge in [0.05, 0.1) is 7.27 Å². The number of hydrogen-bond donors (Lipinski definition) is 0. The third kappa shape index (κ3) is 103. The molecule has 6 atom stereocenters. The monoisotopic (exact) mass is 2030 g/mol. The fourth-order valence-corrected chi connectivity index (χ4v) is 33.9. The van der Waals surface area contributed by atoms with E-state index in [1.165, 1.54) is 300 Å². The summed E-state index contributed by atoms with van der Waals surface area (Å²) in [4.78, 5) is 0. The second-order valence-corrected chi connectivity index (χ2v) is 89.6. The molecule has 14 rings (SSSR count). The van der Waals surface area contributed by atoms with Crippen molar-refractivity contribution in [2.45, 2.75) is 562 Å². The van der Waals surface area contributed by atoms with Gasteiger partial charge in [-0.2, -0.15) is 75.3 Å². The minimum Gasteiger partial charge on any atom is -0.343 e. The molecule has 4 aromatic carbocycles. The van der Waals surface area contributed by atoms with E-state index in [1.807, 2.05) is 36.4 Å². The van der Waals surface area contributed by atoms with Gasteiger partial charge in [-0.1, -0.05) is 595 Å². The van der Waals surface area contributed by atoms with Crippen molar-refractivity contribution in [1.29, 1.82) is 0 Å². The van der Waals surface area contributed by atoms with Crippen LogP contribution in [0.3, 0.4) is 0 Å². The molecule has 6 unspecified atom stereocenters. The van der Waals surface area contributed by atoms with Crippen molar-refractivity contribution in [3.63, 3.8) is 0 Å². The number of rotatable bonds is 14. The molecule has 0 nitrogen and oxygen atoms in total. The van der Waals surface area contributed by atoms with Gasteiger partial charge in [-0.15, -0.1) is 0 Å². The van der Waals surface area contributed by atoms with Gasteiger partial charge < -0.3 is 39.5 Å². The van der Waals surface area contributed by atoms with E-state index in [0.717, 1.165) is 58.0 Å². The van der Waals surface area contributed by atoms with E-state index >= 15 is 0 Å². The molecule has 0 heterocycles. The third-order valence-electron chi connectivity index (χ3n) is 24.9. The van der Waals surface area contributed by atoms with E-state index in [1.54, 1.807) is 16.7 Å². The van der Waals surface area contributed by atoms with Gasteiger partial charge in [-0.3, -0.25) is 0 Å². The Labute approximate surface area is 952 Å². The standard InChI is InChI=1S/C20H27PSi.C12H10ClP.C9H20Si.2C8H18Si.2C8H17Si.2C5H10.2C5H9.2C4H9.C3H9ClSi.5C3H8.6Li/c1-22(2)16-17-13-14-20(15-17)21(18-9-5-3-6-10-18)19-11-7-4-8-12-19;13-14(11-7-3-1-4-8-11)12-9-5-2-6-10-12;1-8-5-6-9(7-8)10(2,3)4;4*1-9(2,3)8-6-4-5-7-8;4*1-2-4-5-3-1;2*1-3-4-2;1-5(2,3)4;5*1-3-2;;;;;;/h3-12,17,20,22H,13-16H2,1-2H3;1-10H;8-9H,5-7H2,1-4H3;2*8H,4-7H2,1-3H3;2*4,8H,5-7H2,1-3H3;2*1-5H2;2*1H,2-5H2;2*1,3-4H2,2H3;1-3H3;5*3H2,1-2H3;;;;;;/q;;;;;2*-1;;;4*-1;;;;;;;6*+1. The van der Waals surface area contributed by atoms with Crippen molar-refractivity contribution in [3.8, 4) is 0 Å². The second kappa shape index (κ2) is 107. The smallest absolute Gasteiger partial charge is 0.343 e. The van der Waals surface area contributed by atoms with Gasteiger partial charge in [-0.05, 0) is 76.1 Å². The maximum Gasteiger partial charge on any atom is 1.00 e. The van der Waals surface area contributed by atoms with Crippen molar-refractivity contribution >= 4 is 115 Å². The van der Waals surface area contributed by atoms with E-state index in [-0.39, 0.29) is 121 Å². The Morgan fingerprint density at radius 1 is 0.309 bits per heavy atom. The van der Waals surface area contributed by atoms with Crippen LogP contribution >= 0.6 is 37.5 Å². The van der Waals surface area contributed by atoms with Crippen LogP contribution < -0.4 is 134 Å². The quantitative estimate of drug-likeness (QED) is 0.0511. The van der Waals surface area contributed by atoms with Crippen molar-refractivity contribution in [3.05, 3.63) is 161 Å². The Bertz CT molecular complexity index is 2600. The van der Waals surface area contributed by atoms with E-state index in [9.17, 15) is 0 Å². The van der Waals surface area contributed by atoms with Crippen LogP contribution in [-0.4, -0.2) is 62.2 Å². The van der Waals surface area contributed by atoms with E-state index in [0.29, 0.717) is 0 Å². The van der Waals surface area contributed by atoms with Gasteiger partial charge in [0, 0.05) is 49.2 Å². The van der Waals surface area contributed by atoms with Gasteiger partial charge in [0.25, 0.3) is 0 Å². The fraction of sp³-hybridized carbons (Fsp3) is 0.748. The van der Waals surface area contributed by atoms with E-state index < -0.39 is 63.8 Å². The first-order chi connectivity index (χ1) is 61.4. The second-order valence-electron chi connectivity index (χ2n) is 46.0. The molecule has 0 saturated heterocycles. The Morgan fingerprint density at radius 3 is 0.713 bits per heavy atom. The number of benzene rings is 4. The molecule has 17 heteroatoms. The molecule has 10 aliphatic rings. The summed E-state index contributed by atoms with van der Waals surface area (Å²) in [5, 5.41) is 5.54. The van der Waals surface area contributed by atoms with Crippen molar-refractivity contribution in [2.24, 2.45) is 11.8 Å². The average Bonchev–Trinajstić information content (AvgIpc) is 1.60. The fourth-order valence-electron chi connectivity index (χ4n) is 17.1. The maximum atomic E-state index is 6.40. The van der Waals surface area contributed by atoms with Crippen LogP contribution in [0.2, 0.25) is 165 Å². The SMILES string of the molecule is C1CCCC1.C1CCCC1.CC1CCC([Si](C)(C)C)C1.CCC.CCC.CCC.CCC.CCC.C[SiH](C)CC1CCC(P(c2ccccc2)c2ccccc2)C1.C[Si](C)(C)C1CCCC1.C[Si](C)(C)C1CCCC1.C[Si](C)(C)C1C[CH-]CC1.C[Si](C)(C)C1C[CH-]CC1.C[Si](C)(C)Cl.ClP(c1ccccc1)c1ccccc1.[CH-]1CCCC1.[CH-]1CCCC1.[CH2-]CCC.[CH2-]CCC.[Li+].[Li+].[Li+].[Li+].[Li+].[Li+]. The summed E-state index contributed by atoms with van der Waals surface area (Å²) in [5.74, 6) is 2.03. The molecule has 766 valence electrons. The van der Waals surface area contributed by atoms with Crippen LogP contribution in [0.25, 0.3) is 0 Å². The summed E-state index contributed by atoms with van der Waals surface area (Å²) in [5.41, 5.74) is 6.50. The summed E-state index contributed by atoms with van der Waals surface area (Å²) in [6, 6.07) is 44.5. The maximum absolute atomic E-state index is 6.40. The minimum atomic E-state index is -1.14. The van der Waals surface area contributed by atoms with E-state index in [2.05, 4.69) is 345 Å². The van der Waals surface area contributed by atoms with Crippen molar-refractivity contribution < 1.29 is 113 Å². The largest absolute Gasteiger partial charge is 1.00 e. The summed E-state index contributed by atoms with van der Waals surface area (Å²) < 4.78 is 0. The molecule has 0 aliphatic heterocycles. The first kappa shape index (κ1) is 162. The number of unbranched alkanes of at least 4 members (excludes halogenated alkanes) is 2. The zero-order valence-electron chi connectivity index (χ0n) is 100. The zero-order chi connectivity index (χ0) is 99.6. The summed E-state index contributed by atoms with van der Waals surface area (Å²) in [6.45, 7) is 83.8. The molecular weight excluding hydrogens is 1800 g/mol. The molecule has 4 aromatic rings. The molecule has 0 spiro atoms. The van der Waals surface area contributed by atoms with Crippen LogP contribution in [-0.2, 0) is 0 Å². The van der Waals surface area contributed by atoms with Gasteiger partial charge >= 0.3 is 113 Å². The van der Waals surface area contributed by atoms with Crippen molar-refractivity contribution in [1.82, 2.24) is 0 Å². The molecule has 10 saturated carbocycles. The van der Waals surface area contributed by atoms with Crippen LogP contribution in [0, 0.1) is 51.4 Å². The predicted molar refractivity (Wildman–Crippen MR) is 642 cm³/mol. The Morgan fingerprint density at radius 2 is 0.551 bits per heavy atom. The molecule has 0 amide bonds. The predicted octanol–water partition coefficient (Wildman–Crippen LogP) is 26.1. The van der Waals surface area contributed by atoms with Crippen molar-refractivity contribution in [2.75, 3.05) is 0 Å². The molecule has 10 aliphatic carbocycles. The number of hydrogen-bond acceptors (Lipinski definition) is 0. The summed E-state index contributed by atoms with van der Waals surface area (Å²) >= 11 is 12.1. The normalized spacial score (nSPS) is 19.1. The molecule has 0 bridgehead atoms. The summed E-state index contributed by atoms with van der Waals surface area (Å²) in [6.07, 6.45) is 76.4. The summed E-state index contributed by atoms with van der Waals surface area (Å²) in [7, 11) is -6.17. The third-order valence-corrected chi connectivity index (χ3v) is 47.1. The molecule has 10 fully saturated rings. The molecular formula is C119H232Cl2Li6P2Si7. The van der Waals surface area contributed by atoms with Crippen LogP contribution in [0.4, 0.5) is 0 Å². The molecule has 0 N–H and O–H groups in total. The zero-order valence-corrected chi connectivity index (χ0v) is 111. The van der Waals surface area contributed by atoms with Gasteiger partial charge in [0.15, 0.2) is 0 Å². The minimum absolute atomic E-state index is 0.